The van der Waals surface area contributed by atoms with E-state index in [0.29, 0.717) is 13.0 Å². The molecule has 1 amide bonds. The molecule has 0 atom stereocenters. The highest BCUT2D eigenvalue weighted by molar-refractivity contribution is 5.71. The number of carboxylic acid groups (broad SMARTS) is 1. The standard InChI is InChI=1S/C7H9NO3/c9-5-6-3-1-2-4-8(6)7(10)11/h1-4H2,(H,10,11). The van der Waals surface area contributed by atoms with Crippen molar-refractivity contribution in [1.29, 1.82) is 0 Å². The second kappa shape index (κ2) is 3.21. The van der Waals surface area contributed by atoms with E-state index < -0.39 is 6.09 Å². The number of allylic oxidation sites excluding steroid dienone is 1. The van der Waals surface area contributed by atoms with Gasteiger partial charge in [0.1, 0.15) is 11.6 Å². The quantitative estimate of drug-likeness (QED) is 0.528. The summed E-state index contributed by atoms with van der Waals surface area (Å²) >= 11 is 0. The highest BCUT2D eigenvalue weighted by Gasteiger charge is 2.20. The Hall–Kier alpha value is -1.28. The topological polar surface area (TPSA) is 57.6 Å². The summed E-state index contributed by atoms with van der Waals surface area (Å²) in [4.78, 5) is 21.7. The molecule has 4 nitrogen and oxygen atoms in total. The van der Waals surface area contributed by atoms with Crippen molar-refractivity contribution in [2.24, 2.45) is 0 Å². The highest BCUT2D eigenvalue weighted by atomic mass is 16.4. The van der Waals surface area contributed by atoms with Crippen LogP contribution in [0.25, 0.3) is 0 Å². The zero-order chi connectivity index (χ0) is 8.27. The van der Waals surface area contributed by atoms with Crippen molar-refractivity contribution in [3.8, 4) is 0 Å². The maximum atomic E-state index is 10.4. The van der Waals surface area contributed by atoms with Crippen LogP contribution in [0.1, 0.15) is 19.3 Å². The molecule has 0 radical (unpaired) electrons. The van der Waals surface area contributed by atoms with Crippen LogP contribution in [-0.4, -0.2) is 28.6 Å². The fraction of sp³-hybridized carbons (Fsp3) is 0.571. The lowest BCUT2D eigenvalue weighted by Crippen LogP contribution is -2.32. The van der Waals surface area contributed by atoms with E-state index in [2.05, 4.69) is 0 Å². The number of carbonyl (C=O) groups is 1. The third-order valence-corrected chi connectivity index (χ3v) is 1.72. The van der Waals surface area contributed by atoms with Crippen LogP contribution in [-0.2, 0) is 4.79 Å². The minimum atomic E-state index is -1.05. The first-order valence-corrected chi connectivity index (χ1v) is 3.50. The SMILES string of the molecule is O=C=C1CCCCN1C(=O)O. The summed E-state index contributed by atoms with van der Waals surface area (Å²) in [5.41, 5.74) is 0.267. The average Bonchev–Trinajstić information content (AvgIpc) is 2.04. The molecule has 1 aliphatic heterocycles. The first-order chi connectivity index (χ1) is 5.25. The third kappa shape index (κ3) is 1.59. The van der Waals surface area contributed by atoms with Gasteiger partial charge in [0.05, 0.1) is 0 Å². The van der Waals surface area contributed by atoms with E-state index in [4.69, 9.17) is 5.11 Å². The summed E-state index contributed by atoms with van der Waals surface area (Å²) in [5, 5.41) is 8.57. The number of hydrogen-bond acceptors (Lipinski definition) is 2. The van der Waals surface area contributed by atoms with E-state index in [-0.39, 0.29) is 5.70 Å². The summed E-state index contributed by atoms with van der Waals surface area (Å²) in [6.45, 7) is 0.430. The molecule has 0 aromatic rings. The third-order valence-electron chi connectivity index (χ3n) is 1.72. The van der Waals surface area contributed by atoms with Gasteiger partial charge in [0, 0.05) is 6.54 Å². The molecule has 0 unspecified atom stereocenters. The number of rotatable bonds is 0. The molecule has 0 aromatic heterocycles. The van der Waals surface area contributed by atoms with Gasteiger partial charge in [-0.05, 0) is 19.3 Å². The largest absolute Gasteiger partial charge is 0.465 e. The van der Waals surface area contributed by atoms with Crippen LogP contribution in [0.5, 0.6) is 0 Å². The number of amides is 1. The van der Waals surface area contributed by atoms with Crippen molar-refractivity contribution in [2.45, 2.75) is 19.3 Å². The van der Waals surface area contributed by atoms with Gasteiger partial charge in [-0.25, -0.2) is 9.59 Å². The van der Waals surface area contributed by atoms with Crippen LogP contribution in [0.2, 0.25) is 0 Å². The van der Waals surface area contributed by atoms with E-state index in [0.717, 1.165) is 17.7 Å². The van der Waals surface area contributed by atoms with E-state index in [1.807, 2.05) is 0 Å². The first-order valence-electron chi connectivity index (χ1n) is 3.50. The molecular formula is C7H9NO3. The summed E-state index contributed by atoms with van der Waals surface area (Å²) in [5.74, 6) is 1.65. The molecule has 0 bridgehead atoms. The number of piperidine rings is 1. The first kappa shape index (κ1) is 7.82. The Kier molecular flexibility index (Phi) is 2.28. The molecule has 11 heavy (non-hydrogen) atoms. The van der Waals surface area contributed by atoms with Gasteiger partial charge in [-0.1, -0.05) is 0 Å². The van der Waals surface area contributed by atoms with Crippen LogP contribution in [0.3, 0.4) is 0 Å². The van der Waals surface area contributed by atoms with Gasteiger partial charge < -0.3 is 5.11 Å². The van der Waals surface area contributed by atoms with Crippen LogP contribution in [0.4, 0.5) is 4.79 Å². The molecule has 1 fully saturated rings. The Labute approximate surface area is 64.1 Å². The Morgan fingerprint density at radius 1 is 1.55 bits per heavy atom. The summed E-state index contributed by atoms with van der Waals surface area (Å²) < 4.78 is 0. The Bertz CT molecular complexity index is 218. The van der Waals surface area contributed by atoms with Gasteiger partial charge in [0.15, 0.2) is 0 Å². The Morgan fingerprint density at radius 3 is 2.73 bits per heavy atom. The van der Waals surface area contributed by atoms with Crippen LogP contribution >= 0.6 is 0 Å². The summed E-state index contributed by atoms with van der Waals surface area (Å²) in [6, 6.07) is 0. The number of nitrogens with zero attached hydrogens (tertiary/aromatic N) is 1. The molecule has 1 aliphatic rings. The lowest BCUT2D eigenvalue weighted by Gasteiger charge is -2.23. The normalized spacial score (nSPS) is 17.8. The minimum absolute atomic E-state index is 0.267. The fourth-order valence-corrected chi connectivity index (χ4v) is 1.15. The lowest BCUT2D eigenvalue weighted by atomic mass is 10.1. The van der Waals surface area contributed by atoms with E-state index in [1.165, 1.54) is 0 Å². The van der Waals surface area contributed by atoms with Gasteiger partial charge in [-0.3, -0.25) is 4.90 Å². The monoisotopic (exact) mass is 155 g/mol. The molecule has 0 saturated carbocycles. The number of likely N-dealkylation sites (tertiary alicyclic amines) is 1. The fourth-order valence-electron chi connectivity index (χ4n) is 1.15. The van der Waals surface area contributed by atoms with Crippen molar-refractivity contribution < 1.29 is 14.7 Å². The second-order valence-corrected chi connectivity index (χ2v) is 2.44. The van der Waals surface area contributed by atoms with Gasteiger partial charge in [-0.2, -0.15) is 0 Å². The predicted molar refractivity (Wildman–Crippen MR) is 37.8 cm³/mol. The number of hydrogen-bond donors (Lipinski definition) is 1. The molecular weight excluding hydrogens is 146 g/mol. The van der Waals surface area contributed by atoms with E-state index in [9.17, 15) is 9.59 Å². The van der Waals surface area contributed by atoms with Crippen molar-refractivity contribution in [3.05, 3.63) is 5.70 Å². The van der Waals surface area contributed by atoms with E-state index >= 15 is 0 Å². The molecule has 0 spiro atoms. The van der Waals surface area contributed by atoms with Crippen LogP contribution in [0, 0.1) is 0 Å². The van der Waals surface area contributed by atoms with Crippen molar-refractivity contribution in [1.82, 2.24) is 4.90 Å². The van der Waals surface area contributed by atoms with Gasteiger partial charge in [0.2, 0.25) is 0 Å². The van der Waals surface area contributed by atoms with Gasteiger partial charge in [0.25, 0.3) is 0 Å². The maximum Gasteiger partial charge on any atom is 0.412 e. The molecule has 1 N–H and O–H groups in total. The predicted octanol–water partition coefficient (Wildman–Crippen LogP) is 0.866. The molecule has 1 saturated heterocycles. The molecule has 1 rings (SSSR count). The number of carbonyl (C=O) groups excluding carboxylic acids is 1. The zero-order valence-corrected chi connectivity index (χ0v) is 6.04. The van der Waals surface area contributed by atoms with Crippen molar-refractivity contribution >= 4 is 12.0 Å². The van der Waals surface area contributed by atoms with Crippen molar-refractivity contribution in [2.75, 3.05) is 6.54 Å². The Morgan fingerprint density at radius 2 is 2.27 bits per heavy atom. The lowest BCUT2D eigenvalue weighted by molar-refractivity contribution is 0.152. The molecule has 1 heterocycles. The average molecular weight is 155 g/mol. The summed E-state index contributed by atoms with van der Waals surface area (Å²) in [7, 11) is 0. The smallest absolute Gasteiger partial charge is 0.412 e. The molecule has 0 aromatic carbocycles. The molecule has 60 valence electrons. The van der Waals surface area contributed by atoms with Crippen LogP contribution < -0.4 is 0 Å². The summed E-state index contributed by atoms with van der Waals surface area (Å²) in [6.07, 6.45) is 1.20. The minimum Gasteiger partial charge on any atom is -0.465 e. The van der Waals surface area contributed by atoms with E-state index in [1.54, 1.807) is 5.94 Å². The van der Waals surface area contributed by atoms with Gasteiger partial charge >= 0.3 is 6.09 Å². The zero-order valence-electron chi connectivity index (χ0n) is 6.04. The van der Waals surface area contributed by atoms with Crippen molar-refractivity contribution in [3.63, 3.8) is 0 Å². The molecule has 4 heteroatoms. The molecule has 0 aliphatic carbocycles. The maximum absolute atomic E-state index is 10.4. The Balaban J connectivity index is 2.75. The van der Waals surface area contributed by atoms with Crippen LogP contribution in [0.15, 0.2) is 5.70 Å². The highest BCUT2D eigenvalue weighted by Crippen LogP contribution is 2.17. The second-order valence-electron chi connectivity index (χ2n) is 2.44. The van der Waals surface area contributed by atoms with Gasteiger partial charge in [-0.15, -0.1) is 0 Å².